The van der Waals surface area contributed by atoms with E-state index in [2.05, 4.69) is 146 Å². The van der Waals surface area contributed by atoms with E-state index in [1.165, 1.54) is 20.2 Å². The van der Waals surface area contributed by atoms with Gasteiger partial charge in [-0.1, -0.05) is 146 Å². The molecule has 0 N–H and O–H groups in total. The minimum Gasteiger partial charge on any atom is -0.455 e. The summed E-state index contributed by atoms with van der Waals surface area (Å²) in [5.74, 6) is 1.87. The van der Waals surface area contributed by atoms with Gasteiger partial charge in [-0.25, -0.2) is 19.9 Å². The minimum absolute atomic E-state index is 0.609. The molecule has 0 saturated carbocycles. The molecule has 0 atom stereocenters. The molecule has 8 aromatic carbocycles. The third-order valence-electron chi connectivity index (χ3n) is 11.1. The van der Waals surface area contributed by atoms with E-state index in [4.69, 9.17) is 24.4 Å². The molecule has 0 amide bonds. The van der Waals surface area contributed by atoms with E-state index in [9.17, 15) is 0 Å². The van der Waals surface area contributed by atoms with Crippen molar-refractivity contribution in [1.29, 1.82) is 0 Å². The Morgan fingerprint density at radius 1 is 0.362 bits per heavy atom. The van der Waals surface area contributed by atoms with Crippen molar-refractivity contribution in [3.05, 3.63) is 182 Å². The lowest BCUT2D eigenvalue weighted by molar-refractivity contribution is 0.670. The summed E-state index contributed by atoms with van der Waals surface area (Å²) in [7, 11) is 0. The van der Waals surface area contributed by atoms with E-state index in [0.717, 1.165) is 82.7 Å². The summed E-state index contributed by atoms with van der Waals surface area (Å²) in [5.41, 5.74) is 9.46. The van der Waals surface area contributed by atoms with Gasteiger partial charge in [0, 0.05) is 74.9 Å². The van der Waals surface area contributed by atoms with Crippen molar-refractivity contribution in [1.82, 2.24) is 19.9 Å². The number of nitrogens with zero attached hydrogens (tertiary/aromatic N) is 4. The Bertz CT molecular complexity index is 3570. The van der Waals surface area contributed by atoms with Crippen LogP contribution >= 0.6 is 11.3 Å². The van der Waals surface area contributed by atoms with Crippen LogP contribution in [0.4, 0.5) is 0 Å². The van der Waals surface area contributed by atoms with E-state index in [-0.39, 0.29) is 0 Å². The number of hydrogen-bond donors (Lipinski definition) is 0. The Labute approximate surface area is 336 Å². The minimum atomic E-state index is 0.609. The first-order chi connectivity index (χ1) is 28.7. The predicted molar refractivity (Wildman–Crippen MR) is 240 cm³/mol. The van der Waals surface area contributed by atoms with E-state index in [1.807, 2.05) is 36.4 Å². The fourth-order valence-corrected chi connectivity index (χ4v) is 9.56. The molecule has 0 aliphatic heterocycles. The topological polar surface area (TPSA) is 64.7 Å². The number of thiophene rings is 1. The van der Waals surface area contributed by atoms with Crippen molar-refractivity contribution in [2.75, 3.05) is 0 Å². The van der Waals surface area contributed by atoms with Gasteiger partial charge in [-0.2, -0.15) is 0 Å². The summed E-state index contributed by atoms with van der Waals surface area (Å²) in [4.78, 5) is 20.4. The molecule has 0 radical (unpaired) electrons. The maximum atomic E-state index is 6.84. The summed E-state index contributed by atoms with van der Waals surface area (Å²) in [6.07, 6.45) is 0. The fourth-order valence-electron chi connectivity index (χ4n) is 8.41. The van der Waals surface area contributed by atoms with Crippen molar-refractivity contribution in [2.24, 2.45) is 0 Å². The van der Waals surface area contributed by atoms with Crippen molar-refractivity contribution < 1.29 is 4.42 Å². The van der Waals surface area contributed by atoms with Crippen LogP contribution in [-0.2, 0) is 0 Å². The summed E-state index contributed by atoms with van der Waals surface area (Å²) in [5, 5.41) is 8.00. The van der Waals surface area contributed by atoms with Crippen LogP contribution < -0.4 is 0 Å². The van der Waals surface area contributed by atoms with Gasteiger partial charge < -0.3 is 4.42 Å². The van der Waals surface area contributed by atoms with Crippen LogP contribution in [0.2, 0.25) is 0 Å². The summed E-state index contributed by atoms with van der Waals surface area (Å²) in [6, 6.07) is 63.1. The van der Waals surface area contributed by atoms with Gasteiger partial charge in [0.2, 0.25) is 0 Å². The Morgan fingerprint density at radius 3 is 1.79 bits per heavy atom. The van der Waals surface area contributed by atoms with Crippen LogP contribution in [0.25, 0.3) is 120 Å². The number of aromatic nitrogens is 4. The molecule has 0 unspecified atom stereocenters. The average Bonchev–Trinajstić information content (AvgIpc) is 3.87. The molecule has 4 aromatic heterocycles. The van der Waals surface area contributed by atoms with Crippen LogP contribution in [0.5, 0.6) is 0 Å². The van der Waals surface area contributed by atoms with Crippen molar-refractivity contribution in [3.63, 3.8) is 0 Å². The molecule has 0 aliphatic rings. The Balaban J connectivity index is 1.03. The van der Waals surface area contributed by atoms with E-state index in [1.54, 1.807) is 11.3 Å². The van der Waals surface area contributed by atoms with Gasteiger partial charge in [-0.15, -0.1) is 11.3 Å². The van der Waals surface area contributed by atoms with Crippen molar-refractivity contribution >= 4 is 75.1 Å². The van der Waals surface area contributed by atoms with Crippen molar-refractivity contribution in [3.8, 4) is 56.5 Å². The Morgan fingerprint density at radius 2 is 0.966 bits per heavy atom. The van der Waals surface area contributed by atoms with E-state index >= 15 is 0 Å². The first-order valence-corrected chi connectivity index (χ1v) is 20.1. The summed E-state index contributed by atoms with van der Waals surface area (Å²) < 4.78 is 9.31. The van der Waals surface area contributed by atoms with E-state index in [0.29, 0.717) is 17.5 Å². The highest BCUT2D eigenvalue weighted by Crippen LogP contribution is 2.44. The molecule has 0 fully saturated rings. The van der Waals surface area contributed by atoms with Crippen LogP contribution in [0, 0.1) is 0 Å². The fraction of sp³-hybridized carbons (Fsp3) is 0. The van der Waals surface area contributed by atoms with Crippen LogP contribution in [0.1, 0.15) is 0 Å². The molecule has 6 heteroatoms. The second kappa shape index (κ2) is 13.0. The van der Waals surface area contributed by atoms with E-state index < -0.39 is 0 Å². The van der Waals surface area contributed by atoms with Gasteiger partial charge >= 0.3 is 0 Å². The average molecular weight is 759 g/mol. The Hall–Kier alpha value is -7.54. The molecule has 270 valence electrons. The lowest BCUT2D eigenvalue weighted by Gasteiger charge is -2.11. The second-order valence-corrected chi connectivity index (χ2v) is 15.6. The van der Waals surface area contributed by atoms with Gasteiger partial charge in [-0.3, -0.25) is 0 Å². The standard InChI is InChI=1S/C52H30N4OS/c1-3-13-31(14-4-1)48-40-27-28-43-47(46(40)39-20-7-9-23-42(39)53-48)41-22-12-21-36(49(41)57-43)33-17-11-18-34(29-33)51-54-50(32-15-5-2-6-16-32)55-52(56-51)35-25-26-38-37-19-8-10-24-44(37)58-45(38)30-35/h1-30H. The normalized spacial score (nSPS) is 11.8. The molecule has 5 nitrogen and oxygen atoms in total. The lowest BCUT2D eigenvalue weighted by atomic mass is 9.95. The first-order valence-electron chi connectivity index (χ1n) is 19.3. The second-order valence-electron chi connectivity index (χ2n) is 14.6. The number of benzene rings is 8. The van der Waals surface area contributed by atoms with Crippen LogP contribution in [0.3, 0.4) is 0 Å². The van der Waals surface area contributed by atoms with Crippen LogP contribution in [-0.4, -0.2) is 19.9 Å². The maximum Gasteiger partial charge on any atom is 0.164 e. The third kappa shape index (κ3) is 5.23. The number of furan rings is 1. The number of hydrogen-bond acceptors (Lipinski definition) is 6. The Kier molecular flexibility index (Phi) is 7.33. The molecule has 58 heavy (non-hydrogen) atoms. The van der Waals surface area contributed by atoms with Gasteiger partial charge in [0.05, 0.1) is 11.2 Å². The zero-order chi connectivity index (χ0) is 38.2. The number of rotatable bonds is 5. The quantitative estimate of drug-likeness (QED) is 0.164. The molecule has 0 spiro atoms. The monoisotopic (exact) mass is 758 g/mol. The molecular formula is C52H30N4OS. The van der Waals surface area contributed by atoms with Gasteiger partial charge in [0.25, 0.3) is 0 Å². The highest BCUT2D eigenvalue weighted by Gasteiger charge is 2.20. The van der Waals surface area contributed by atoms with Crippen molar-refractivity contribution in [2.45, 2.75) is 0 Å². The zero-order valence-electron chi connectivity index (χ0n) is 30.9. The molecule has 0 aliphatic carbocycles. The van der Waals surface area contributed by atoms with Crippen LogP contribution in [0.15, 0.2) is 186 Å². The van der Waals surface area contributed by atoms with Gasteiger partial charge in [-0.05, 0) is 42.0 Å². The highest BCUT2D eigenvalue weighted by atomic mass is 32.1. The molecule has 12 aromatic rings. The predicted octanol–water partition coefficient (Wildman–Crippen LogP) is 14.2. The molecule has 4 heterocycles. The smallest absolute Gasteiger partial charge is 0.164 e. The SMILES string of the molecule is c1ccc(-c2nc(-c3cccc(-c4cccc5c4oc4ccc6c(-c7ccccc7)nc7ccccc7c6c45)c3)nc(-c3ccc4c(c3)sc3ccccc34)n2)cc1. The molecule has 0 saturated heterocycles. The number of fused-ring (bicyclic) bond motifs is 10. The van der Waals surface area contributed by atoms with Gasteiger partial charge in [0.15, 0.2) is 17.5 Å². The maximum absolute atomic E-state index is 6.84. The number of pyridine rings is 1. The molecule has 0 bridgehead atoms. The van der Waals surface area contributed by atoms with Gasteiger partial charge in [0.1, 0.15) is 11.2 Å². The first kappa shape index (κ1) is 32.7. The summed E-state index contributed by atoms with van der Waals surface area (Å²) >= 11 is 1.79. The third-order valence-corrected chi connectivity index (χ3v) is 12.2. The zero-order valence-corrected chi connectivity index (χ0v) is 31.7. The number of para-hydroxylation sites is 2. The largest absolute Gasteiger partial charge is 0.455 e. The molecular weight excluding hydrogens is 729 g/mol. The molecule has 12 rings (SSSR count). The summed E-state index contributed by atoms with van der Waals surface area (Å²) in [6.45, 7) is 0. The lowest BCUT2D eigenvalue weighted by Crippen LogP contribution is -2.00. The highest BCUT2D eigenvalue weighted by molar-refractivity contribution is 7.25.